The van der Waals surface area contributed by atoms with Gasteiger partial charge in [0.2, 0.25) is 0 Å². The van der Waals surface area contributed by atoms with Crippen molar-refractivity contribution in [1.82, 2.24) is 25.2 Å². The molecule has 0 aliphatic carbocycles. The molecule has 1 amide bonds. The lowest BCUT2D eigenvalue weighted by Gasteiger charge is -2.26. The van der Waals surface area contributed by atoms with Gasteiger partial charge in [0.1, 0.15) is 0 Å². The number of aliphatic hydroxyl groups excluding tert-OH is 1. The van der Waals surface area contributed by atoms with E-state index in [2.05, 4.69) is 15.6 Å². The van der Waals surface area contributed by atoms with E-state index in [0.717, 1.165) is 19.5 Å². The van der Waals surface area contributed by atoms with Crippen LogP contribution in [0.25, 0.3) is 0 Å². The van der Waals surface area contributed by atoms with Crippen LogP contribution >= 0.6 is 0 Å². The van der Waals surface area contributed by atoms with Crippen LogP contribution in [0.1, 0.15) is 29.9 Å². The first-order valence-corrected chi connectivity index (χ1v) is 6.29. The zero-order valence-corrected chi connectivity index (χ0v) is 10.5. The predicted octanol–water partition coefficient (Wildman–Crippen LogP) is -0.733. The molecule has 2 rings (SSSR count). The van der Waals surface area contributed by atoms with Crippen LogP contribution in [0.2, 0.25) is 0 Å². The van der Waals surface area contributed by atoms with E-state index in [0.29, 0.717) is 24.8 Å². The van der Waals surface area contributed by atoms with Gasteiger partial charge in [-0.2, -0.15) is 0 Å². The highest BCUT2D eigenvalue weighted by atomic mass is 16.3. The van der Waals surface area contributed by atoms with Gasteiger partial charge in [-0.25, -0.2) is 4.68 Å². The van der Waals surface area contributed by atoms with Crippen LogP contribution in [0, 0.1) is 0 Å². The Hall–Kier alpha value is -1.47. The minimum atomic E-state index is -0.163. The Morgan fingerprint density at radius 3 is 2.94 bits per heavy atom. The van der Waals surface area contributed by atoms with Crippen molar-refractivity contribution in [3.05, 3.63) is 11.9 Å². The lowest BCUT2D eigenvalue weighted by molar-refractivity contribution is 0.0716. The molecular formula is C11H19N5O2. The number of nitrogens with zero attached hydrogens (tertiary/aromatic N) is 4. The average Bonchev–Trinajstić information content (AvgIpc) is 2.75. The molecule has 0 saturated carbocycles. The number of aromatic nitrogens is 3. The Kier molecular flexibility index (Phi) is 4.27. The summed E-state index contributed by atoms with van der Waals surface area (Å²) in [4.78, 5) is 13.8. The molecule has 0 unspecified atom stereocenters. The largest absolute Gasteiger partial charge is 0.395 e. The molecule has 0 aromatic carbocycles. The Morgan fingerprint density at radius 1 is 1.61 bits per heavy atom. The second kappa shape index (κ2) is 5.92. The maximum atomic E-state index is 12.2. The van der Waals surface area contributed by atoms with Crippen LogP contribution < -0.4 is 5.32 Å². The van der Waals surface area contributed by atoms with Gasteiger partial charge >= 0.3 is 0 Å². The summed E-state index contributed by atoms with van der Waals surface area (Å²) in [5.41, 5.74) is 0.351. The van der Waals surface area contributed by atoms with Crippen LogP contribution in [0.15, 0.2) is 6.20 Å². The number of carbonyl (C=O) groups is 1. The van der Waals surface area contributed by atoms with Crippen LogP contribution in [-0.2, 0) is 0 Å². The first kappa shape index (κ1) is 13.0. The summed E-state index contributed by atoms with van der Waals surface area (Å²) in [5, 5.41) is 20.0. The molecule has 1 aliphatic rings. The molecule has 0 spiro atoms. The fraction of sp³-hybridized carbons (Fsp3) is 0.727. The first-order valence-electron chi connectivity index (χ1n) is 6.29. The van der Waals surface area contributed by atoms with Crippen molar-refractivity contribution in [2.75, 3.05) is 32.8 Å². The lowest BCUT2D eigenvalue weighted by atomic mass is 10.2. The maximum Gasteiger partial charge on any atom is 0.276 e. The number of aliphatic hydroxyl groups is 1. The molecule has 1 saturated heterocycles. The molecule has 1 aromatic heterocycles. The van der Waals surface area contributed by atoms with Crippen molar-refractivity contribution in [3.8, 4) is 0 Å². The molecule has 7 heteroatoms. The van der Waals surface area contributed by atoms with Crippen LogP contribution in [0.5, 0.6) is 0 Å². The molecular weight excluding hydrogens is 234 g/mol. The number of carbonyl (C=O) groups excluding carboxylic acids is 1. The topological polar surface area (TPSA) is 83.3 Å². The van der Waals surface area contributed by atoms with E-state index in [1.807, 2.05) is 6.92 Å². The van der Waals surface area contributed by atoms with Gasteiger partial charge in [-0.15, -0.1) is 5.10 Å². The van der Waals surface area contributed by atoms with E-state index in [1.54, 1.807) is 15.8 Å². The molecule has 18 heavy (non-hydrogen) atoms. The van der Waals surface area contributed by atoms with Gasteiger partial charge in [-0.05, 0) is 6.42 Å². The molecule has 1 aromatic rings. The van der Waals surface area contributed by atoms with Crippen molar-refractivity contribution in [3.63, 3.8) is 0 Å². The maximum absolute atomic E-state index is 12.2. The van der Waals surface area contributed by atoms with E-state index in [1.165, 1.54) is 0 Å². The summed E-state index contributed by atoms with van der Waals surface area (Å²) in [7, 11) is 0. The first-order chi connectivity index (χ1) is 8.76. The SMILES string of the molecule is CCCN(CCO)C(=O)c1cn(C2CNC2)nn1. The van der Waals surface area contributed by atoms with Gasteiger partial charge in [-0.3, -0.25) is 4.79 Å². The summed E-state index contributed by atoms with van der Waals surface area (Å²) >= 11 is 0. The van der Waals surface area contributed by atoms with Gasteiger partial charge < -0.3 is 15.3 Å². The lowest BCUT2D eigenvalue weighted by Crippen LogP contribution is -2.43. The van der Waals surface area contributed by atoms with Crippen molar-refractivity contribution in [2.24, 2.45) is 0 Å². The number of nitrogens with one attached hydrogen (secondary N) is 1. The van der Waals surface area contributed by atoms with E-state index in [4.69, 9.17) is 5.11 Å². The van der Waals surface area contributed by atoms with Gasteiger partial charge in [0, 0.05) is 26.2 Å². The van der Waals surface area contributed by atoms with Crippen molar-refractivity contribution < 1.29 is 9.90 Å². The summed E-state index contributed by atoms with van der Waals surface area (Å²) in [5.74, 6) is -0.163. The van der Waals surface area contributed by atoms with Crippen molar-refractivity contribution >= 4 is 5.91 Å². The minimum absolute atomic E-state index is 0.0353. The number of hydrogen-bond donors (Lipinski definition) is 2. The Labute approximate surface area is 106 Å². The zero-order chi connectivity index (χ0) is 13.0. The van der Waals surface area contributed by atoms with E-state index in [9.17, 15) is 4.79 Å². The van der Waals surface area contributed by atoms with Gasteiger partial charge in [-0.1, -0.05) is 12.1 Å². The quantitative estimate of drug-likeness (QED) is 0.698. The third-order valence-electron chi connectivity index (χ3n) is 3.01. The molecule has 0 bridgehead atoms. The monoisotopic (exact) mass is 253 g/mol. The molecule has 0 atom stereocenters. The Morgan fingerprint density at radius 2 is 2.39 bits per heavy atom. The van der Waals surface area contributed by atoms with E-state index < -0.39 is 0 Å². The smallest absolute Gasteiger partial charge is 0.276 e. The molecule has 2 heterocycles. The molecule has 0 radical (unpaired) electrons. The Balaban J connectivity index is 2.03. The molecule has 7 nitrogen and oxygen atoms in total. The number of rotatable bonds is 6. The van der Waals surface area contributed by atoms with E-state index in [-0.39, 0.29) is 12.5 Å². The third-order valence-corrected chi connectivity index (χ3v) is 3.01. The van der Waals surface area contributed by atoms with Crippen molar-refractivity contribution in [1.29, 1.82) is 0 Å². The minimum Gasteiger partial charge on any atom is -0.395 e. The van der Waals surface area contributed by atoms with E-state index >= 15 is 0 Å². The van der Waals surface area contributed by atoms with Crippen LogP contribution in [0.4, 0.5) is 0 Å². The highest BCUT2D eigenvalue weighted by Crippen LogP contribution is 2.11. The third kappa shape index (κ3) is 2.68. The Bertz CT molecular complexity index is 396. The standard InChI is InChI=1S/C11H19N5O2/c1-2-3-15(4-5-17)11(18)10-8-16(14-13-10)9-6-12-7-9/h8-9,12,17H,2-7H2,1H3. The summed E-state index contributed by atoms with van der Waals surface area (Å²) in [6.07, 6.45) is 2.54. The van der Waals surface area contributed by atoms with Crippen LogP contribution in [-0.4, -0.2) is 63.7 Å². The molecule has 100 valence electrons. The molecule has 2 N–H and O–H groups in total. The summed E-state index contributed by atoms with van der Waals surface area (Å²) in [6, 6.07) is 0.302. The summed E-state index contributed by atoms with van der Waals surface area (Å²) < 4.78 is 1.73. The zero-order valence-electron chi connectivity index (χ0n) is 10.5. The molecule has 1 aliphatic heterocycles. The van der Waals surface area contributed by atoms with Gasteiger partial charge in [0.25, 0.3) is 5.91 Å². The van der Waals surface area contributed by atoms with Gasteiger partial charge in [0.05, 0.1) is 18.8 Å². The highest BCUT2D eigenvalue weighted by Gasteiger charge is 2.23. The fourth-order valence-corrected chi connectivity index (χ4v) is 1.88. The summed E-state index contributed by atoms with van der Waals surface area (Å²) in [6.45, 7) is 4.65. The highest BCUT2D eigenvalue weighted by molar-refractivity contribution is 5.91. The normalized spacial score (nSPS) is 15.4. The molecule has 1 fully saturated rings. The number of hydrogen-bond acceptors (Lipinski definition) is 5. The second-order valence-corrected chi connectivity index (χ2v) is 4.41. The number of amides is 1. The second-order valence-electron chi connectivity index (χ2n) is 4.41. The van der Waals surface area contributed by atoms with Crippen LogP contribution in [0.3, 0.4) is 0 Å². The predicted molar refractivity (Wildman–Crippen MR) is 65.2 cm³/mol. The van der Waals surface area contributed by atoms with Crippen molar-refractivity contribution in [2.45, 2.75) is 19.4 Å². The fourth-order valence-electron chi connectivity index (χ4n) is 1.88. The average molecular weight is 253 g/mol. The van der Waals surface area contributed by atoms with Gasteiger partial charge in [0.15, 0.2) is 5.69 Å².